The first kappa shape index (κ1) is 16.1. The van der Waals surface area contributed by atoms with Gasteiger partial charge in [0.2, 0.25) is 0 Å². The summed E-state index contributed by atoms with van der Waals surface area (Å²) in [4.78, 5) is 0. The Labute approximate surface area is 106 Å². The maximum atomic E-state index is 5.46. The summed E-state index contributed by atoms with van der Waals surface area (Å²) in [6, 6.07) is 12.0. The second kappa shape index (κ2) is 13.2. The SMILES string of the molecule is CCOCCC(CC)OCC.c1ccccc1. The second-order valence-electron chi connectivity index (χ2n) is 3.63. The van der Waals surface area contributed by atoms with E-state index in [0.29, 0.717) is 6.10 Å². The van der Waals surface area contributed by atoms with Crippen molar-refractivity contribution in [3.63, 3.8) is 0 Å². The highest BCUT2D eigenvalue weighted by atomic mass is 16.5. The Morgan fingerprint density at radius 1 is 0.824 bits per heavy atom. The Morgan fingerprint density at radius 3 is 1.71 bits per heavy atom. The van der Waals surface area contributed by atoms with E-state index in [1.54, 1.807) is 0 Å². The highest BCUT2D eigenvalue weighted by molar-refractivity contribution is 4.99. The second-order valence-corrected chi connectivity index (χ2v) is 3.63. The molecule has 1 aromatic rings. The summed E-state index contributed by atoms with van der Waals surface area (Å²) in [7, 11) is 0. The smallest absolute Gasteiger partial charge is 0.0594 e. The lowest BCUT2D eigenvalue weighted by molar-refractivity contribution is 0.0279. The van der Waals surface area contributed by atoms with Gasteiger partial charge in [-0.15, -0.1) is 0 Å². The number of benzene rings is 1. The summed E-state index contributed by atoms with van der Waals surface area (Å²) in [5.74, 6) is 0. The maximum Gasteiger partial charge on any atom is 0.0594 e. The Kier molecular flexibility index (Phi) is 12.5. The van der Waals surface area contributed by atoms with Gasteiger partial charge in [0.1, 0.15) is 0 Å². The van der Waals surface area contributed by atoms with Crippen molar-refractivity contribution in [1.29, 1.82) is 0 Å². The van der Waals surface area contributed by atoms with Crippen molar-refractivity contribution >= 4 is 0 Å². The molecule has 0 aliphatic carbocycles. The third kappa shape index (κ3) is 11.4. The van der Waals surface area contributed by atoms with E-state index in [-0.39, 0.29) is 0 Å². The third-order valence-electron chi connectivity index (χ3n) is 2.31. The van der Waals surface area contributed by atoms with Crippen LogP contribution in [0.4, 0.5) is 0 Å². The Balaban J connectivity index is 0.000000354. The lowest BCUT2D eigenvalue weighted by Gasteiger charge is -2.13. The van der Waals surface area contributed by atoms with E-state index in [0.717, 1.165) is 32.7 Å². The van der Waals surface area contributed by atoms with E-state index >= 15 is 0 Å². The van der Waals surface area contributed by atoms with Gasteiger partial charge >= 0.3 is 0 Å². The van der Waals surface area contributed by atoms with Crippen LogP contribution in [0.3, 0.4) is 0 Å². The van der Waals surface area contributed by atoms with Gasteiger partial charge in [-0.05, 0) is 26.7 Å². The Morgan fingerprint density at radius 2 is 1.35 bits per heavy atom. The quantitative estimate of drug-likeness (QED) is 0.670. The molecule has 0 saturated carbocycles. The van der Waals surface area contributed by atoms with Gasteiger partial charge in [-0.1, -0.05) is 43.3 Å². The molecule has 1 unspecified atom stereocenters. The van der Waals surface area contributed by atoms with Crippen LogP contribution < -0.4 is 0 Å². The minimum Gasteiger partial charge on any atom is -0.382 e. The first-order valence-corrected chi connectivity index (χ1v) is 6.54. The molecule has 0 aromatic heterocycles. The van der Waals surface area contributed by atoms with Crippen molar-refractivity contribution in [2.75, 3.05) is 19.8 Å². The van der Waals surface area contributed by atoms with Gasteiger partial charge in [0.15, 0.2) is 0 Å². The minimum absolute atomic E-state index is 0.395. The molecular formula is C15H26O2. The zero-order chi connectivity index (χ0) is 12.8. The van der Waals surface area contributed by atoms with E-state index in [2.05, 4.69) is 6.92 Å². The molecule has 0 aliphatic rings. The number of rotatable bonds is 7. The van der Waals surface area contributed by atoms with Crippen LogP contribution in [0.2, 0.25) is 0 Å². The molecule has 98 valence electrons. The molecule has 0 heterocycles. The topological polar surface area (TPSA) is 18.5 Å². The van der Waals surface area contributed by atoms with Gasteiger partial charge in [-0.25, -0.2) is 0 Å². The molecule has 0 amide bonds. The van der Waals surface area contributed by atoms with Crippen molar-refractivity contribution in [1.82, 2.24) is 0 Å². The first-order valence-electron chi connectivity index (χ1n) is 6.54. The van der Waals surface area contributed by atoms with Crippen molar-refractivity contribution in [3.05, 3.63) is 36.4 Å². The molecule has 1 aromatic carbocycles. The van der Waals surface area contributed by atoms with Gasteiger partial charge in [-0.3, -0.25) is 0 Å². The summed E-state index contributed by atoms with van der Waals surface area (Å²) in [6.07, 6.45) is 2.51. The fourth-order valence-electron chi connectivity index (χ4n) is 1.39. The lowest BCUT2D eigenvalue weighted by atomic mass is 10.2. The van der Waals surface area contributed by atoms with Crippen LogP contribution in [0.5, 0.6) is 0 Å². The fraction of sp³-hybridized carbons (Fsp3) is 0.600. The van der Waals surface area contributed by atoms with Crippen LogP contribution in [0.1, 0.15) is 33.6 Å². The van der Waals surface area contributed by atoms with E-state index < -0.39 is 0 Å². The first-order chi connectivity index (χ1) is 8.35. The van der Waals surface area contributed by atoms with Crippen molar-refractivity contribution in [3.8, 4) is 0 Å². The molecule has 0 fully saturated rings. The predicted octanol–water partition coefficient (Wildman–Crippen LogP) is 3.91. The average Bonchev–Trinajstić information content (AvgIpc) is 2.41. The predicted molar refractivity (Wildman–Crippen MR) is 73.3 cm³/mol. The van der Waals surface area contributed by atoms with Crippen LogP contribution in [0.15, 0.2) is 36.4 Å². The van der Waals surface area contributed by atoms with Crippen LogP contribution in [-0.2, 0) is 9.47 Å². The van der Waals surface area contributed by atoms with Crippen molar-refractivity contribution in [2.45, 2.75) is 39.7 Å². The Bertz CT molecular complexity index is 197. The lowest BCUT2D eigenvalue weighted by Crippen LogP contribution is -2.14. The normalized spacial score (nSPS) is 11.5. The molecule has 0 bridgehead atoms. The molecule has 0 saturated heterocycles. The van der Waals surface area contributed by atoms with Gasteiger partial charge in [0, 0.05) is 19.8 Å². The standard InChI is InChI=1S/C9H20O2.C6H6/c1-4-9(11-6-3)7-8-10-5-2;1-2-4-6-5-3-1/h9H,4-8H2,1-3H3;1-6H. The molecule has 0 radical (unpaired) electrons. The van der Waals surface area contributed by atoms with Gasteiger partial charge in [-0.2, -0.15) is 0 Å². The van der Waals surface area contributed by atoms with Crippen molar-refractivity contribution in [2.24, 2.45) is 0 Å². The summed E-state index contributed by atoms with van der Waals surface area (Å²) < 4.78 is 10.7. The molecule has 2 nitrogen and oxygen atoms in total. The van der Waals surface area contributed by atoms with E-state index in [1.807, 2.05) is 50.2 Å². The molecule has 1 atom stereocenters. The van der Waals surface area contributed by atoms with Crippen LogP contribution >= 0.6 is 0 Å². The van der Waals surface area contributed by atoms with Crippen LogP contribution in [0.25, 0.3) is 0 Å². The number of hydrogen-bond acceptors (Lipinski definition) is 2. The monoisotopic (exact) mass is 238 g/mol. The number of ether oxygens (including phenoxy) is 2. The van der Waals surface area contributed by atoms with Gasteiger partial charge < -0.3 is 9.47 Å². The largest absolute Gasteiger partial charge is 0.382 e. The van der Waals surface area contributed by atoms with Gasteiger partial charge in [0.25, 0.3) is 0 Å². The molecule has 2 heteroatoms. The summed E-state index contributed by atoms with van der Waals surface area (Å²) in [6.45, 7) is 8.64. The zero-order valence-electron chi connectivity index (χ0n) is 11.4. The summed E-state index contributed by atoms with van der Waals surface area (Å²) in [5, 5.41) is 0. The third-order valence-corrected chi connectivity index (χ3v) is 2.31. The van der Waals surface area contributed by atoms with E-state index in [1.165, 1.54) is 0 Å². The van der Waals surface area contributed by atoms with E-state index in [4.69, 9.17) is 9.47 Å². The molecule has 0 aliphatic heterocycles. The molecular weight excluding hydrogens is 212 g/mol. The number of hydrogen-bond donors (Lipinski definition) is 0. The average molecular weight is 238 g/mol. The zero-order valence-corrected chi connectivity index (χ0v) is 11.4. The summed E-state index contributed by atoms with van der Waals surface area (Å²) >= 11 is 0. The summed E-state index contributed by atoms with van der Waals surface area (Å²) in [5.41, 5.74) is 0. The molecule has 1 rings (SSSR count). The highest BCUT2D eigenvalue weighted by Gasteiger charge is 2.03. The molecule has 17 heavy (non-hydrogen) atoms. The van der Waals surface area contributed by atoms with Crippen LogP contribution in [-0.4, -0.2) is 25.9 Å². The fourth-order valence-corrected chi connectivity index (χ4v) is 1.39. The maximum absolute atomic E-state index is 5.46. The molecule has 0 N–H and O–H groups in total. The van der Waals surface area contributed by atoms with Gasteiger partial charge in [0.05, 0.1) is 6.10 Å². The van der Waals surface area contributed by atoms with Crippen LogP contribution in [0, 0.1) is 0 Å². The Hall–Kier alpha value is -0.860. The minimum atomic E-state index is 0.395. The van der Waals surface area contributed by atoms with E-state index in [9.17, 15) is 0 Å². The highest BCUT2D eigenvalue weighted by Crippen LogP contribution is 2.03. The van der Waals surface area contributed by atoms with Crippen molar-refractivity contribution < 1.29 is 9.47 Å². The molecule has 0 spiro atoms.